The van der Waals surface area contributed by atoms with Gasteiger partial charge in [-0.05, 0) is 11.6 Å². The SMILES string of the molecule is NC(=O)C(S)c1ccccc1C(F)(F)F. The molecule has 2 N–H and O–H groups in total. The van der Waals surface area contributed by atoms with E-state index in [0.29, 0.717) is 0 Å². The number of hydrogen-bond donors (Lipinski definition) is 2. The van der Waals surface area contributed by atoms with Gasteiger partial charge in [0.25, 0.3) is 0 Å². The second-order valence-electron chi connectivity index (χ2n) is 2.89. The van der Waals surface area contributed by atoms with Crippen LogP contribution in [0.25, 0.3) is 0 Å². The molecule has 0 aliphatic rings. The molecule has 0 aliphatic carbocycles. The lowest BCUT2D eigenvalue weighted by atomic mass is 10.0. The predicted molar refractivity (Wildman–Crippen MR) is 52.4 cm³/mol. The van der Waals surface area contributed by atoms with Gasteiger partial charge in [0.1, 0.15) is 5.25 Å². The number of rotatable bonds is 2. The van der Waals surface area contributed by atoms with Crippen LogP contribution in [0.4, 0.5) is 13.2 Å². The van der Waals surface area contributed by atoms with Gasteiger partial charge in [0, 0.05) is 0 Å². The Balaban J connectivity index is 3.24. The van der Waals surface area contributed by atoms with E-state index in [0.717, 1.165) is 6.07 Å². The Morgan fingerprint density at radius 3 is 2.33 bits per heavy atom. The van der Waals surface area contributed by atoms with Crippen molar-refractivity contribution in [2.45, 2.75) is 11.4 Å². The summed E-state index contributed by atoms with van der Waals surface area (Å²) >= 11 is 3.74. The molecule has 6 heteroatoms. The molecular weight excluding hydrogens is 227 g/mol. The summed E-state index contributed by atoms with van der Waals surface area (Å²) in [7, 11) is 0. The lowest BCUT2D eigenvalue weighted by Gasteiger charge is -2.15. The molecule has 1 amide bonds. The van der Waals surface area contributed by atoms with Gasteiger partial charge >= 0.3 is 6.18 Å². The number of benzene rings is 1. The molecule has 1 atom stereocenters. The van der Waals surface area contributed by atoms with Crippen LogP contribution in [0.3, 0.4) is 0 Å². The average molecular weight is 235 g/mol. The van der Waals surface area contributed by atoms with Crippen LogP contribution >= 0.6 is 12.6 Å². The number of nitrogens with two attached hydrogens (primary N) is 1. The van der Waals surface area contributed by atoms with Gasteiger partial charge in [-0.1, -0.05) is 18.2 Å². The summed E-state index contributed by atoms with van der Waals surface area (Å²) in [6.07, 6.45) is -4.51. The standard InChI is InChI=1S/C9H8F3NOS/c10-9(11,12)6-4-2-1-3-5(6)7(15)8(13)14/h1-4,7,15H,(H2,13,14). The highest BCUT2D eigenvalue weighted by Gasteiger charge is 2.35. The highest BCUT2D eigenvalue weighted by Crippen LogP contribution is 2.35. The number of halogens is 3. The molecule has 0 saturated carbocycles. The lowest BCUT2D eigenvalue weighted by Crippen LogP contribution is -2.20. The van der Waals surface area contributed by atoms with E-state index in [2.05, 4.69) is 12.6 Å². The van der Waals surface area contributed by atoms with Crippen molar-refractivity contribution in [1.82, 2.24) is 0 Å². The first kappa shape index (κ1) is 11.9. The third-order valence-corrected chi connectivity index (χ3v) is 2.36. The molecule has 1 aromatic carbocycles. The van der Waals surface area contributed by atoms with Crippen molar-refractivity contribution >= 4 is 18.5 Å². The van der Waals surface area contributed by atoms with Crippen LogP contribution in [0.2, 0.25) is 0 Å². The molecule has 0 heterocycles. The van der Waals surface area contributed by atoms with Gasteiger partial charge in [-0.3, -0.25) is 4.79 Å². The van der Waals surface area contributed by atoms with E-state index < -0.39 is 22.9 Å². The molecule has 1 unspecified atom stereocenters. The Kier molecular flexibility index (Phi) is 3.28. The Labute approximate surface area is 89.7 Å². The second-order valence-corrected chi connectivity index (χ2v) is 3.41. The minimum atomic E-state index is -4.51. The number of alkyl halides is 3. The van der Waals surface area contributed by atoms with E-state index in [-0.39, 0.29) is 5.56 Å². The van der Waals surface area contributed by atoms with Crippen molar-refractivity contribution in [3.63, 3.8) is 0 Å². The fourth-order valence-electron chi connectivity index (χ4n) is 1.15. The van der Waals surface area contributed by atoms with E-state index >= 15 is 0 Å². The van der Waals surface area contributed by atoms with Crippen molar-refractivity contribution < 1.29 is 18.0 Å². The first-order valence-corrected chi connectivity index (χ1v) is 4.49. The van der Waals surface area contributed by atoms with Gasteiger partial charge in [0.15, 0.2) is 0 Å². The summed E-state index contributed by atoms with van der Waals surface area (Å²) in [5.41, 5.74) is 3.79. The van der Waals surface area contributed by atoms with Crippen LogP contribution in [0.15, 0.2) is 24.3 Å². The molecule has 0 bridgehead atoms. The molecule has 0 fully saturated rings. The molecule has 0 spiro atoms. The summed E-state index contributed by atoms with van der Waals surface area (Å²) in [4.78, 5) is 10.8. The summed E-state index contributed by atoms with van der Waals surface area (Å²) in [6, 6.07) is 4.72. The molecule has 15 heavy (non-hydrogen) atoms. The van der Waals surface area contributed by atoms with Crippen molar-refractivity contribution in [3.8, 4) is 0 Å². The third-order valence-electron chi connectivity index (χ3n) is 1.83. The topological polar surface area (TPSA) is 43.1 Å². The van der Waals surface area contributed by atoms with Crippen LogP contribution in [0.1, 0.15) is 16.4 Å². The van der Waals surface area contributed by atoms with Crippen LogP contribution in [-0.4, -0.2) is 5.91 Å². The minimum Gasteiger partial charge on any atom is -0.368 e. The maximum Gasteiger partial charge on any atom is 0.416 e. The number of carbonyl (C=O) groups is 1. The number of thiol groups is 1. The van der Waals surface area contributed by atoms with Crippen LogP contribution in [0.5, 0.6) is 0 Å². The quantitative estimate of drug-likeness (QED) is 0.758. The molecule has 1 rings (SSSR count). The Bertz CT molecular complexity index is 378. The van der Waals surface area contributed by atoms with E-state index in [4.69, 9.17) is 5.73 Å². The first-order chi connectivity index (χ1) is 6.84. The number of amides is 1. The average Bonchev–Trinajstić information content (AvgIpc) is 2.15. The van der Waals surface area contributed by atoms with Gasteiger partial charge in [0.2, 0.25) is 5.91 Å². The lowest BCUT2D eigenvalue weighted by molar-refractivity contribution is -0.138. The Morgan fingerprint density at radius 2 is 1.87 bits per heavy atom. The molecule has 0 aromatic heterocycles. The van der Waals surface area contributed by atoms with E-state index in [9.17, 15) is 18.0 Å². The van der Waals surface area contributed by atoms with Gasteiger partial charge in [0.05, 0.1) is 5.56 Å². The van der Waals surface area contributed by atoms with Crippen LogP contribution in [-0.2, 0) is 11.0 Å². The largest absolute Gasteiger partial charge is 0.416 e. The van der Waals surface area contributed by atoms with Gasteiger partial charge < -0.3 is 5.73 Å². The summed E-state index contributed by atoms with van der Waals surface area (Å²) < 4.78 is 37.5. The van der Waals surface area contributed by atoms with Crippen molar-refractivity contribution in [2.75, 3.05) is 0 Å². The first-order valence-electron chi connectivity index (χ1n) is 3.97. The molecule has 0 aliphatic heterocycles. The molecule has 1 aromatic rings. The van der Waals surface area contributed by atoms with Crippen molar-refractivity contribution in [3.05, 3.63) is 35.4 Å². The molecule has 82 valence electrons. The fourth-order valence-corrected chi connectivity index (χ4v) is 1.37. The summed E-state index contributed by atoms with van der Waals surface area (Å²) in [5.74, 6) is -0.907. The third kappa shape index (κ3) is 2.65. The van der Waals surface area contributed by atoms with Crippen LogP contribution < -0.4 is 5.73 Å². The molecular formula is C9H8F3NOS. The summed E-state index contributed by atoms with van der Waals surface area (Å²) in [5, 5.41) is -1.25. The minimum absolute atomic E-state index is 0.221. The smallest absolute Gasteiger partial charge is 0.368 e. The van der Waals surface area contributed by atoms with E-state index in [1.807, 2.05) is 0 Å². The zero-order valence-electron chi connectivity index (χ0n) is 7.45. The molecule has 0 saturated heterocycles. The Morgan fingerprint density at radius 1 is 1.33 bits per heavy atom. The predicted octanol–water partition coefficient (Wildman–Crippen LogP) is 2.16. The van der Waals surface area contributed by atoms with Crippen LogP contribution in [0, 0.1) is 0 Å². The zero-order chi connectivity index (χ0) is 11.6. The molecule has 2 nitrogen and oxygen atoms in total. The summed E-state index contributed by atoms with van der Waals surface area (Å²) in [6.45, 7) is 0. The zero-order valence-corrected chi connectivity index (χ0v) is 8.35. The van der Waals surface area contributed by atoms with E-state index in [1.165, 1.54) is 18.2 Å². The Hall–Kier alpha value is -1.17. The normalized spacial score (nSPS) is 13.6. The monoisotopic (exact) mass is 235 g/mol. The highest BCUT2D eigenvalue weighted by atomic mass is 32.1. The van der Waals surface area contributed by atoms with Crippen molar-refractivity contribution in [2.24, 2.45) is 5.73 Å². The van der Waals surface area contributed by atoms with Gasteiger partial charge in [-0.2, -0.15) is 25.8 Å². The molecule has 0 radical (unpaired) electrons. The number of primary amides is 1. The number of carbonyl (C=O) groups excluding carboxylic acids is 1. The number of hydrogen-bond acceptors (Lipinski definition) is 2. The van der Waals surface area contributed by atoms with Gasteiger partial charge in [-0.15, -0.1) is 0 Å². The second kappa shape index (κ2) is 4.14. The highest BCUT2D eigenvalue weighted by molar-refractivity contribution is 7.81. The van der Waals surface area contributed by atoms with E-state index in [1.54, 1.807) is 0 Å². The van der Waals surface area contributed by atoms with Crippen molar-refractivity contribution in [1.29, 1.82) is 0 Å². The maximum absolute atomic E-state index is 12.5. The maximum atomic E-state index is 12.5. The van der Waals surface area contributed by atoms with Gasteiger partial charge in [-0.25, -0.2) is 0 Å². The fraction of sp³-hybridized carbons (Fsp3) is 0.222.